The molecular formula is C25H22N2S. The van der Waals surface area contributed by atoms with Gasteiger partial charge >= 0.3 is 0 Å². The summed E-state index contributed by atoms with van der Waals surface area (Å²) in [6.45, 7) is 1.05. The number of aromatic nitrogens is 2. The van der Waals surface area contributed by atoms with E-state index in [0.29, 0.717) is 0 Å². The van der Waals surface area contributed by atoms with Gasteiger partial charge in [-0.3, -0.25) is 4.98 Å². The zero-order chi connectivity index (χ0) is 18.8. The van der Waals surface area contributed by atoms with Gasteiger partial charge in [0, 0.05) is 39.8 Å². The number of hydrogen-bond donors (Lipinski definition) is 0. The number of hydrogen-bond acceptors (Lipinski definition) is 2. The number of aryl methyl sites for hydroxylation is 2. The van der Waals surface area contributed by atoms with Gasteiger partial charge in [-0.05, 0) is 60.4 Å². The van der Waals surface area contributed by atoms with Crippen molar-refractivity contribution in [2.24, 2.45) is 0 Å². The Labute approximate surface area is 169 Å². The van der Waals surface area contributed by atoms with Crippen LogP contribution in [-0.2, 0) is 13.0 Å². The minimum atomic E-state index is 1.02. The smallest absolute Gasteiger partial charge is 0.0711 e. The van der Waals surface area contributed by atoms with E-state index in [1.807, 2.05) is 0 Å². The third kappa shape index (κ3) is 3.34. The summed E-state index contributed by atoms with van der Waals surface area (Å²) in [6.07, 6.45) is 5.51. The summed E-state index contributed by atoms with van der Waals surface area (Å²) >= 11 is 1.80. The molecule has 5 rings (SSSR count). The van der Waals surface area contributed by atoms with Crippen LogP contribution in [-0.4, -0.2) is 9.55 Å². The number of rotatable bonds is 6. The van der Waals surface area contributed by atoms with E-state index in [4.69, 9.17) is 4.98 Å². The second kappa shape index (κ2) is 7.61. The molecule has 5 aromatic rings. The summed E-state index contributed by atoms with van der Waals surface area (Å²) in [5, 5.41) is 4.71. The van der Waals surface area contributed by atoms with Crippen LogP contribution in [0.25, 0.3) is 32.2 Å². The molecule has 0 unspecified atom stereocenters. The van der Waals surface area contributed by atoms with Gasteiger partial charge in [-0.15, -0.1) is 11.3 Å². The lowest BCUT2D eigenvalue weighted by Crippen LogP contribution is -1.98. The molecule has 0 saturated heterocycles. The number of nitrogens with zero attached hydrogens (tertiary/aromatic N) is 2. The number of para-hydroxylation sites is 2. The van der Waals surface area contributed by atoms with Crippen molar-refractivity contribution in [1.29, 1.82) is 0 Å². The largest absolute Gasteiger partial charge is 0.347 e. The highest BCUT2D eigenvalue weighted by atomic mass is 32.1. The lowest BCUT2D eigenvalue weighted by atomic mass is 10.0. The van der Waals surface area contributed by atoms with E-state index in [2.05, 4.69) is 88.9 Å². The summed E-state index contributed by atoms with van der Waals surface area (Å²) in [5.41, 5.74) is 4.93. The highest BCUT2D eigenvalue weighted by molar-refractivity contribution is 7.13. The zero-order valence-electron chi connectivity index (χ0n) is 15.7. The summed E-state index contributed by atoms with van der Waals surface area (Å²) < 4.78 is 2.36. The third-order valence-electron chi connectivity index (χ3n) is 5.32. The van der Waals surface area contributed by atoms with Gasteiger partial charge in [-0.1, -0.05) is 42.5 Å². The van der Waals surface area contributed by atoms with Gasteiger partial charge in [0.25, 0.3) is 0 Å². The monoisotopic (exact) mass is 382 g/mol. The molecule has 0 N–H and O–H groups in total. The molecule has 138 valence electrons. The molecule has 0 fully saturated rings. The standard InChI is InChI=1S/C25H22N2S/c1-4-12-24-19(8-1)14-16-27(24)15-6-5-9-20-18-22(25-13-7-17-28-25)21-10-2-3-11-23(21)26-20/h1-4,7-8,10-14,16-18H,5-6,9,15H2. The maximum atomic E-state index is 4.93. The number of thiophene rings is 1. The van der Waals surface area contributed by atoms with Crippen LogP contribution in [0.15, 0.2) is 84.4 Å². The molecule has 0 spiro atoms. The molecule has 0 bridgehead atoms. The Morgan fingerprint density at radius 3 is 2.68 bits per heavy atom. The summed E-state index contributed by atoms with van der Waals surface area (Å²) in [5.74, 6) is 0. The summed E-state index contributed by atoms with van der Waals surface area (Å²) in [7, 11) is 0. The second-order valence-corrected chi connectivity index (χ2v) is 8.13. The summed E-state index contributed by atoms with van der Waals surface area (Å²) in [4.78, 5) is 6.25. The van der Waals surface area contributed by atoms with E-state index in [9.17, 15) is 0 Å². The topological polar surface area (TPSA) is 17.8 Å². The molecule has 3 heteroatoms. The molecule has 3 aromatic heterocycles. The molecule has 0 radical (unpaired) electrons. The van der Waals surface area contributed by atoms with Crippen molar-refractivity contribution in [2.45, 2.75) is 25.8 Å². The van der Waals surface area contributed by atoms with E-state index in [-0.39, 0.29) is 0 Å². The fourth-order valence-electron chi connectivity index (χ4n) is 3.92. The van der Waals surface area contributed by atoms with Crippen molar-refractivity contribution >= 4 is 33.1 Å². The quantitative estimate of drug-likeness (QED) is 0.291. The predicted molar refractivity (Wildman–Crippen MR) is 120 cm³/mol. The Morgan fingerprint density at radius 1 is 0.857 bits per heavy atom. The first-order valence-electron chi connectivity index (χ1n) is 9.85. The molecule has 2 nitrogen and oxygen atoms in total. The van der Waals surface area contributed by atoms with Gasteiger partial charge in [-0.25, -0.2) is 0 Å². The first-order valence-corrected chi connectivity index (χ1v) is 10.7. The van der Waals surface area contributed by atoms with Crippen LogP contribution in [0.5, 0.6) is 0 Å². The van der Waals surface area contributed by atoms with Crippen LogP contribution in [0.4, 0.5) is 0 Å². The van der Waals surface area contributed by atoms with Crippen molar-refractivity contribution in [1.82, 2.24) is 9.55 Å². The van der Waals surface area contributed by atoms with Gasteiger partial charge in [0.05, 0.1) is 5.52 Å². The Bertz CT molecular complexity index is 1220. The molecule has 28 heavy (non-hydrogen) atoms. The Morgan fingerprint density at radius 2 is 1.75 bits per heavy atom. The van der Waals surface area contributed by atoms with Gasteiger partial charge in [0.1, 0.15) is 0 Å². The van der Waals surface area contributed by atoms with E-state index in [1.165, 1.54) is 32.4 Å². The third-order valence-corrected chi connectivity index (χ3v) is 6.22. The van der Waals surface area contributed by atoms with Crippen molar-refractivity contribution < 1.29 is 0 Å². The summed E-state index contributed by atoms with van der Waals surface area (Å²) in [6, 6.07) is 25.9. The van der Waals surface area contributed by atoms with E-state index in [1.54, 1.807) is 11.3 Å². The van der Waals surface area contributed by atoms with E-state index in [0.717, 1.165) is 31.3 Å². The van der Waals surface area contributed by atoms with Gasteiger partial charge in [0.2, 0.25) is 0 Å². The average molecular weight is 383 g/mol. The van der Waals surface area contributed by atoms with Crippen LogP contribution in [0.3, 0.4) is 0 Å². The van der Waals surface area contributed by atoms with Crippen molar-refractivity contribution in [3.8, 4) is 10.4 Å². The minimum Gasteiger partial charge on any atom is -0.347 e. The highest BCUT2D eigenvalue weighted by Crippen LogP contribution is 2.32. The zero-order valence-corrected chi connectivity index (χ0v) is 16.5. The van der Waals surface area contributed by atoms with E-state index >= 15 is 0 Å². The Kier molecular flexibility index (Phi) is 4.67. The normalized spacial score (nSPS) is 11.4. The molecule has 0 amide bonds. The van der Waals surface area contributed by atoms with Crippen LogP contribution in [0.1, 0.15) is 18.5 Å². The highest BCUT2D eigenvalue weighted by Gasteiger charge is 2.09. The minimum absolute atomic E-state index is 1.02. The first-order chi connectivity index (χ1) is 13.9. The molecule has 0 aliphatic heterocycles. The van der Waals surface area contributed by atoms with E-state index < -0.39 is 0 Å². The molecule has 0 aliphatic carbocycles. The van der Waals surface area contributed by atoms with Crippen molar-refractivity contribution in [2.75, 3.05) is 0 Å². The SMILES string of the molecule is c1csc(-c2cc(CCCCn3ccc4ccccc43)nc3ccccc23)c1. The van der Waals surface area contributed by atoms with Crippen LogP contribution < -0.4 is 0 Å². The number of pyridine rings is 1. The Balaban J connectivity index is 1.33. The molecule has 0 saturated carbocycles. The maximum absolute atomic E-state index is 4.93. The number of unbranched alkanes of at least 4 members (excludes halogenated alkanes) is 1. The van der Waals surface area contributed by atoms with Crippen molar-refractivity contribution in [3.05, 3.63) is 90.1 Å². The van der Waals surface area contributed by atoms with Gasteiger partial charge < -0.3 is 4.57 Å². The number of benzene rings is 2. The Hall–Kier alpha value is -2.91. The first kappa shape index (κ1) is 17.2. The lowest BCUT2D eigenvalue weighted by molar-refractivity contribution is 0.621. The number of fused-ring (bicyclic) bond motifs is 2. The fraction of sp³-hybridized carbons (Fsp3) is 0.160. The maximum Gasteiger partial charge on any atom is 0.0711 e. The molecule has 0 atom stereocenters. The van der Waals surface area contributed by atoms with Crippen LogP contribution >= 0.6 is 11.3 Å². The molecular weight excluding hydrogens is 360 g/mol. The van der Waals surface area contributed by atoms with Gasteiger partial charge in [0.15, 0.2) is 0 Å². The average Bonchev–Trinajstić information content (AvgIpc) is 3.41. The fourth-order valence-corrected chi connectivity index (χ4v) is 4.67. The van der Waals surface area contributed by atoms with Gasteiger partial charge in [-0.2, -0.15) is 0 Å². The van der Waals surface area contributed by atoms with Crippen LogP contribution in [0, 0.1) is 0 Å². The van der Waals surface area contributed by atoms with Crippen molar-refractivity contribution in [3.63, 3.8) is 0 Å². The lowest BCUT2D eigenvalue weighted by Gasteiger charge is -2.09. The van der Waals surface area contributed by atoms with Crippen LogP contribution in [0.2, 0.25) is 0 Å². The molecule has 0 aliphatic rings. The second-order valence-electron chi connectivity index (χ2n) is 7.18. The molecule has 2 aromatic carbocycles. The molecule has 3 heterocycles. The predicted octanol–water partition coefficient (Wildman–Crippen LogP) is 6.94.